The van der Waals surface area contributed by atoms with Crippen molar-refractivity contribution < 1.29 is 9.72 Å². The number of rotatable bonds is 3. The molecule has 0 fully saturated rings. The largest absolute Gasteiger partial charge is 0.358 e. The summed E-state index contributed by atoms with van der Waals surface area (Å²) in [5.74, 6) is -0.214. The standard InChI is InChI=1S/C13H11N5O3/c1-17-10(6-7-11(17)18(20)21)13(19)14-12-8-4-2-3-5-9(8)15-16-12/h2-7H,1H3,(H2,14,15,16,19). The molecule has 0 aliphatic carbocycles. The molecule has 0 spiro atoms. The van der Waals surface area contributed by atoms with Crippen molar-refractivity contribution in [2.75, 3.05) is 5.32 Å². The second-order valence-corrected chi connectivity index (χ2v) is 4.46. The Bertz CT molecular complexity index is 848. The van der Waals surface area contributed by atoms with Gasteiger partial charge in [0.1, 0.15) is 0 Å². The van der Waals surface area contributed by atoms with Crippen LogP contribution in [0.1, 0.15) is 10.5 Å². The first-order chi connectivity index (χ1) is 10.1. The fourth-order valence-corrected chi connectivity index (χ4v) is 2.14. The Morgan fingerprint density at radius 3 is 2.81 bits per heavy atom. The van der Waals surface area contributed by atoms with Crippen molar-refractivity contribution in [1.29, 1.82) is 0 Å². The second-order valence-electron chi connectivity index (χ2n) is 4.46. The van der Waals surface area contributed by atoms with Crippen LogP contribution in [0.3, 0.4) is 0 Å². The van der Waals surface area contributed by atoms with E-state index in [2.05, 4.69) is 15.5 Å². The molecule has 8 nitrogen and oxygen atoms in total. The molecule has 2 N–H and O–H groups in total. The molecule has 0 radical (unpaired) electrons. The summed E-state index contributed by atoms with van der Waals surface area (Å²) in [5, 5.41) is 21.0. The molecule has 2 aromatic heterocycles. The summed E-state index contributed by atoms with van der Waals surface area (Å²) in [6.45, 7) is 0. The average molecular weight is 285 g/mol. The van der Waals surface area contributed by atoms with E-state index >= 15 is 0 Å². The van der Waals surface area contributed by atoms with Gasteiger partial charge in [0.05, 0.1) is 12.6 Å². The van der Waals surface area contributed by atoms with Crippen LogP contribution in [0.25, 0.3) is 10.9 Å². The highest BCUT2D eigenvalue weighted by Gasteiger charge is 2.21. The van der Waals surface area contributed by atoms with Crippen molar-refractivity contribution in [3.63, 3.8) is 0 Å². The molecule has 1 aromatic carbocycles. The van der Waals surface area contributed by atoms with E-state index in [9.17, 15) is 14.9 Å². The van der Waals surface area contributed by atoms with E-state index in [4.69, 9.17) is 0 Å². The zero-order chi connectivity index (χ0) is 15.0. The van der Waals surface area contributed by atoms with Crippen LogP contribution in [0.5, 0.6) is 0 Å². The number of nitrogens with zero attached hydrogens (tertiary/aromatic N) is 3. The van der Waals surface area contributed by atoms with E-state index < -0.39 is 10.8 Å². The number of anilines is 1. The number of benzene rings is 1. The van der Waals surface area contributed by atoms with Crippen molar-refractivity contribution in [3.8, 4) is 0 Å². The summed E-state index contributed by atoms with van der Waals surface area (Å²) in [6.07, 6.45) is 0. The van der Waals surface area contributed by atoms with E-state index in [0.29, 0.717) is 5.82 Å². The van der Waals surface area contributed by atoms with Crippen LogP contribution in [0.15, 0.2) is 36.4 Å². The Morgan fingerprint density at radius 2 is 2.10 bits per heavy atom. The normalized spacial score (nSPS) is 10.7. The van der Waals surface area contributed by atoms with Gasteiger partial charge in [0.2, 0.25) is 0 Å². The van der Waals surface area contributed by atoms with Gasteiger partial charge in [0.25, 0.3) is 5.91 Å². The quantitative estimate of drug-likeness (QED) is 0.567. The number of carbonyl (C=O) groups is 1. The predicted octanol–water partition coefficient (Wildman–Crippen LogP) is 2.06. The summed E-state index contributed by atoms with van der Waals surface area (Å²) >= 11 is 0. The Hall–Kier alpha value is -3.16. The van der Waals surface area contributed by atoms with Crippen LogP contribution in [0, 0.1) is 10.1 Å². The van der Waals surface area contributed by atoms with Crippen molar-refractivity contribution in [1.82, 2.24) is 14.8 Å². The van der Waals surface area contributed by atoms with Crippen molar-refractivity contribution >= 4 is 28.4 Å². The van der Waals surface area contributed by atoms with Gasteiger partial charge in [0, 0.05) is 11.5 Å². The number of hydrogen-bond donors (Lipinski definition) is 2. The molecule has 0 saturated carbocycles. The summed E-state index contributed by atoms with van der Waals surface area (Å²) in [5.41, 5.74) is 0.986. The van der Waals surface area contributed by atoms with Gasteiger partial charge < -0.3 is 15.4 Å². The van der Waals surface area contributed by atoms with Gasteiger partial charge in [-0.1, -0.05) is 12.1 Å². The molecule has 0 unspecified atom stereocenters. The Balaban J connectivity index is 1.92. The number of H-pyrrole nitrogens is 1. The van der Waals surface area contributed by atoms with E-state index in [0.717, 1.165) is 10.9 Å². The molecule has 0 atom stereocenters. The van der Waals surface area contributed by atoms with E-state index in [1.807, 2.05) is 24.3 Å². The Labute approximate surface area is 118 Å². The average Bonchev–Trinajstić information content (AvgIpc) is 3.03. The zero-order valence-corrected chi connectivity index (χ0v) is 11.0. The molecule has 21 heavy (non-hydrogen) atoms. The highest BCUT2D eigenvalue weighted by atomic mass is 16.6. The Morgan fingerprint density at radius 1 is 1.33 bits per heavy atom. The number of hydrogen-bond acceptors (Lipinski definition) is 4. The number of para-hydroxylation sites is 1. The van der Waals surface area contributed by atoms with Crippen LogP contribution in [0.2, 0.25) is 0 Å². The number of fused-ring (bicyclic) bond motifs is 1. The van der Waals surface area contributed by atoms with E-state index in [1.165, 1.54) is 23.7 Å². The maximum Gasteiger partial charge on any atom is 0.323 e. The van der Waals surface area contributed by atoms with Crippen LogP contribution in [-0.2, 0) is 7.05 Å². The maximum absolute atomic E-state index is 12.2. The molecule has 0 saturated heterocycles. The van der Waals surface area contributed by atoms with Gasteiger partial charge in [-0.05, 0) is 23.1 Å². The first kappa shape index (κ1) is 12.9. The minimum atomic E-state index is -0.541. The van der Waals surface area contributed by atoms with Gasteiger partial charge in [-0.25, -0.2) is 4.57 Å². The fraction of sp³-hybridized carbons (Fsp3) is 0.0769. The van der Waals surface area contributed by atoms with Gasteiger partial charge in [-0.2, -0.15) is 5.10 Å². The number of aromatic amines is 1. The molecule has 2 heterocycles. The third kappa shape index (κ3) is 2.12. The highest BCUT2D eigenvalue weighted by Crippen LogP contribution is 2.21. The molecule has 1 amide bonds. The lowest BCUT2D eigenvalue weighted by atomic mass is 10.2. The molecule has 0 aliphatic heterocycles. The lowest BCUT2D eigenvalue weighted by molar-refractivity contribution is -0.391. The number of aromatic nitrogens is 3. The molecule has 8 heteroatoms. The van der Waals surface area contributed by atoms with Crippen molar-refractivity contribution in [2.24, 2.45) is 7.05 Å². The first-order valence-electron chi connectivity index (χ1n) is 6.12. The monoisotopic (exact) mass is 285 g/mol. The maximum atomic E-state index is 12.2. The Kier molecular flexibility index (Phi) is 2.90. The van der Waals surface area contributed by atoms with Crippen molar-refractivity contribution in [2.45, 2.75) is 0 Å². The molecule has 3 rings (SSSR count). The molecular weight excluding hydrogens is 274 g/mol. The van der Waals surface area contributed by atoms with Crippen LogP contribution in [-0.4, -0.2) is 25.6 Å². The molecule has 0 aliphatic rings. The number of nitrogens with one attached hydrogen (secondary N) is 2. The number of amides is 1. The smallest absolute Gasteiger partial charge is 0.323 e. The topological polar surface area (TPSA) is 106 Å². The highest BCUT2D eigenvalue weighted by molar-refractivity contribution is 6.07. The molecule has 3 aromatic rings. The van der Waals surface area contributed by atoms with Crippen LogP contribution < -0.4 is 5.32 Å². The lowest BCUT2D eigenvalue weighted by Gasteiger charge is -2.01. The molecule has 0 bridgehead atoms. The lowest BCUT2D eigenvalue weighted by Crippen LogP contribution is -2.16. The third-order valence-corrected chi connectivity index (χ3v) is 3.22. The minimum Gasteiger partial charge on any atom is -0.358 e. The van der Waals surface area contributed by atoms with Gasteiger partial charge in [-0.3, -0.25) is 9.89 Å². The summed E-state index contributed by atoms with van der Waals surface area (Å²) in [7, 11) is 1.47. The summed E-state index contributed by atoms with van der Waals surface area (Å²) in [6, 6.07) is 10.0. The molecular formula is C13H11N5O3. The minimum absolute atomic E-state index is 0.146. The van der Waals surface area contributed by atoms with Crippen molar-refractivity contribution in [3.05, 3.63) is 52.2 Å². The van der Waals surface area contributed by atoms with Gasteiger partial charge >= 0.3 is 5.82 Å². The first-order valence-corrected chi connectivity index (χ1v) is 6.12. The SMILES string of the molecule is Cn1c(C(=O)Nc2n[nH]c3ccccc23)ccc1[N+](=O)[O-]. The number of nitro groups is 1. The third-order valence-electron chi connectivity index (χ3n) is 3.22. The predicted molar refractivity (Wildman–Crippen MR) is 76.1 cm³/mol. The fourth-order valence-electron chi connectivity index (χ4n) is 2.14. The van der Waals surface area contributed by atoms with Crippen LogP contribution in [0.4, 0.5) is 11.6 Å². The van der Waals surface area contributed by atoms with E-state index in [1.54, 1.807) is 0 Å². The van der Waals surface area contributed by atoms with Crippen LogP contribution >= 0.6 is 0 Å². The molecule has 106 valence electrons. The summed E-state index contributed by atoms with van der Waals surface area (Å²) in [4.78, 5) is 22.4. The van der Waals surface area contributed by atoms with Gasteiger partial charge in [-0.15, -0.1) is 0 Å². The summed E-state index contributed by atoms with van der Waals surface area (Å²) < 4.78 is 1.23. The van der Waals surface area contributed by atoms with Gasteiger partial charge in [0.15, 0.2) is 11.5 Å². The number of carbonyl (C=O) groups excluding carboxylic acids is 1. The zero-order valence-electron chi connectivity index (χ0n) is 11.0. The second kappa shape index (κ2) is 4.75. The van der Waals surface area contributed by atoms with E-state index in [-0.39, 0.29) is 11.5 Å².